The molecule has 2 aliphatic heterocycles. The average Bonchev–Trinajstić information content (AvgIpc) is 3.24. The molecule has 6 nitrogen and oxygen atoms in total. The zero-order valence-corrected chi connectivity index (χ0v) is 17.4. The number of hydrogen-bond acceptors (Lipinski definition) is 5. The van der Waals surface area contributed by atoms with Crippen LogP contribution in [0.4, 0.5) is 0 Å². The number of aromatic nitrogens is 2. The Morgan fingerprint density at radius 3 is 2.79 bits per heavy atom. The molecule has 2 saturated heterocycles. The monoisotopic (exact) mass is 393 g/mol. The molecule has 29 heavy (non-hydrogen) atoms. The van der Waals surface area contributed by atoms with Crippen molar-refractivity contribution >= 4 is 5.91 Å². The molecule has 0 radical (unpaired) electrons. The summed E-state index contributed by atoms with van der Waals surface area (Å²) in [5, 5.41) is 0. The molecule has 4 rings (SSSR count). The van der Waals surface area contributed by atoms with Crippen molar-refractivity contribution in [3.63, 3.8) is 0 Å². The van der Waals surface area contributed by atoms with Crippen molar-refractivity contribution in [2.24, 2.45) is 5.92 Å². The standard InChI is InChI=1S/C23H31N5O/c1-3-6-21-20(13-24-15-25-21)23(29)28-11-9-17(10-12-28)22-19(14-26-27-22)18-8-5-4-7-16(18)2/h4-5,7-8,13,15,17,19,22,26-27H,3,6,9-12,14H2,1-2H3. The number of hydrazine groups is 1. The van der Waals surface area contributed by atoms with E-state index in [0.29, 0.717) is 23.4 Å². The van der Waals surface area contributed by atoms with Gasteiger partial charge in [0.15, 0.2) is 0 Å². The van der Waals surface area contributed by atoms with Crippen molar-refractivity contribution in [1.82, 2.24) is 25.7 Å². The fourth-order valence-corrected chi connectivity index (χ4v) is 4.87. The number of amides is 1. The minimum atomic E-state index is 0.0838. The van der Waals surface area contributed by atoms with Crippen molar-refractivity contribution in [3.05, 3.63) is 59.2 Å². The van der Waals surface area contributed by atoms with Crippen LogP contribution < -0.4 is 10.9 Å². The third-order valence-electron chi connectivity index (χ3n) is 6.46. The van der Waals surface area contributed by atoms with Crippen molar-refractivity contribution < 1.29 is 4.79 Å². The highest BCUT2D eigenvalue weighted by atomic mass is 16.2. The van der Waals surface area contributed by atoms with Gasteiger partial charge in [-0.2, -0.15) is 0 Å². The first-order chi connectivity index (χ1) is 14.2. The molecule has 154 valence electrons. The Labute approximate surface area is 173 Å². The molecule has 2 N–H and O–H groups in total. The lowest BCUT2D eigenvalue weighted by Crippen LogP contribution is -2.46. The van der Waals surface area contributed by atoms with Crippen LogP contribution in [0.3, 0.4) is 0 Å². The number of aryl methyl sites for hydroxylation is 2. The third kappa shape index (κ3) is 4.19. The molecule has 0 bridgehead atoms. The highest BCUT2D eigenvalue weighted by molar-refractivity contribution is 5.95. The summed E-state index contributed by atoms with van der Waals surface area (Å²) in [5.41, 5.74) is 11.2. The predicted molar refractivity (Wildman–Crippen MR) is 114 cm³/mol. The maximum Gasteiger partial charge on any atom is 0.257 e. The third-order valence-corrected chi connectivity index (χ3v) is 6.46. The van der Waals surface area contributed by atoms with E-state index in [-0.39, 0.29) is 5.91 Å². The van der Waals surface area contributed by atoms with E-state index in [1.807, 2.05) is 4.90 Å². The van der Waals surface area contributed by atoms with Crippen LogP contribution in [-0.2, 0) is 6.42 Å². The number of piperidine rings is 1. The van der Waals surface area contributed by atoms with Crippen molar-refractivity contribution in [2.75, 3.05) is 19.6 Å². The number of carbonyl (C=O) groups excluding carboxylic acids is 1. The number of nitrogens with zero attached hydrogens (tertiary/aromatic N) is 3. The molecule has 2 fully saturated rings. The van der Waals surface area contributed by atoms with Crippen LogP contribution in [0.15, 0.2) is 36.8 Å². The Hall–Kier alpha value is -2.31. The number of carbonyl (C=O) groups is 1. The van der Waals surface area contributed by atoms with Gasteiger partial charge in [-0.3, -0.25) is 15.6 Å². The topological polar surface area (TPSA) is 70.2 Å². The van der Waals surface area contributed by atoms with Crippen molar-refractivity contribution in [2.45, 2.75) is 51.5 Å². The van der Waals surface area contributed by atoms with E-state index in [1.54, 1.807) is 12.5 Å². The van der Waals surface area contributed by atoms with E-state index < -0.39 is 0 Å². The Morgan fingerprint density at radius 2 is 2.03 bits per heavy atom. The first kappa shape index (κ1) is 20.0. The first-order valence-electron chi connectivity index (χ1n) is 10.8. The minimum Gasteiger partial charge on any atom is -0.339 e. The molecule has 6 heteroatoms. The Balaban J connectivity index is 1.42. The normalized spacial score (nSPS) is 22.8. The summed E-state index contributed by atoms with van der Waals surface area (Å²) < 4.78 is 0. The summed E-state index contributed by atoms with van der Waals surface area (Å²) in [4.78, 5) is 23.5. The highest BCUT2D eigenvalue weighted by Crippen LogP contribution is 2.34. The maximum absolute atomic E-state index is 13.1. The molecule has 2 atom stereocenters. The first-order valence-corrected chi connectivity index (χ1v) is 10.8. The summed E-state index contributed by atoms with van der Waals surface area (Å²) in [6, 6.07) is 9.10. The van der Waals surface area contributed by atoms with Gasteiger partial charge in [0.2, 0.25) is 0 Å². The molecule has 2 aliphatic rings. The van der Waals surface area contributed by atoms with E-state index in [1.165, 1.54) is 11.1 Å². The molecule has 3 heterocycles. The van der Waals surface area contributed by atoms with Gasteiger partial charge >= 0.3 is 0 Å². The van der Waals surface area contributed by atoms with Crippen molar-refractivity contribution in [1.29, 1.82) is 0 Å². The smallest absolute Gasteiger partial charge is 0.257 e. The zero-order valence-electron chi connectivity index (χ0n) is 17.4. The fraction of sp³-hybridized carbons (Fsp3) is 0.522. The number of rotatable bonds is 5. The number of benzene rings is 1. The summed E-state index contributed by atoms with van der Waals surface area (Å²) in [5.74, 6) is 1.11. The summed E-state index contributed by atoms with van der Waals surface area (Å²) in [6.07, 6.45) is 7.05. The molecule has 1 aromatic carbocycles. The van der Waals surface area contributed by atoms with Gasteiger partial charge in [0.05, 0.1) is 11.3 Å². The lowest BCUT2D eigenvalue weighted by Gasteiger charge is -2.37. The van der Waals surface area contributed by atoms with E-state index >= 15 is 0 Å². The average molecular weight is 394 g/mol. The van der Waals surface area contributed by atoms with Crippen LogP contribution in [0.2, 0.25) is 0 Å². The minimum absolute atomic E-state index is 0.0838. The summed E-state index contributed by atoms with van der Waals surface area (Å²) in [7, 11) is 0. The van der Waals surface area contributed by atoms with Crippen molar-refractivity contribution in [3.8, 4) is 0 Å². The molecule has 1 amide bonds. The quantitative estimate of drug-likeness (QED) is 0.817. The second-order valence-electron chi connectivity index (χ2n) is 8.28. The van der Waals surface area contributed by atoms with Gasteiger partial charge in [-0.15, -0.1) is 0 Å². The molecular formula is C23H31N5O. The van der Waals surface area contributed by atoms with Crippen LogP contribution >= 0.6 is 0 Å². The van der Waals surface area contributed by atoms with E-state index in [2.05, 4.69) is 58.9 Å². The fourth-order valence-electron chi connectivity index (χ4n) is 4.87. The lowest BCUT2D eigenvalue weighted by molar-refractivity contribution is 0.0668. The van der Waals surface area contributed by atoms with Gasteiger partial charge in [-0.1, -0.05) is 37.6 Å². The predicted octanol–water partition coefficient (Wildman–Crippen LogP) is 2.85. The van der Waals surface area contributed by atoms with Crippen LogP contribution in [0.1, 0.15) is 59.3 Å². The molecule has 1 aromatic heterocycles. The number of hydrogen-bond donors (Lipinski definition) is 2. The maximum atomic E-state index is 13.1. The lowest BCUT2D eigenvalue weighted by atomic mass is 9.79. The highest BCUT2D eigenvalue weighted by Gasteiger charge is 2.37. The summed E-state index contributed by atoms with van der Waals surface area (Å²) >= 11 is 0. The van der Waals surface area contributed by atoms with Gasteiger partial charge in [-0.25, -0.2) is 9.97 Å². The molecule has 0 aliphatic carbocycles. The van der Waals surface area contributed by atoms with Gasteiger partial charge in [0, 0.05) is 37.8 Å². The molecule has 0 spiro atoms. The van der Waals surface area contributed by atoms with E-state index in [4.69, 9.17) is 0 Å². The van der Waals surface area contributed by atoms with Crippen LogP contribution in [0.25, 0.3) is 0 Å². The Kier molecular flexibility index (Phi) is 6.21. The van der Waals surface area contributed by atoms with Gasteiger partial charge in [-0.05, 0) is 43.2 Å². The molecular weight excluding hydrogens is 362 g/mol. The Bertz CT molecular complexity index is 847. The van der Waals surface area contributed by atoms with Gasteiger partial charge in [0.25, 0.3) is 5.91 Å². The van der Waals surface area contributed by atoms with Crippen LogP contribution in [-0.4, -0.2) is 46.5 Å². The molecule has 0 saturated carbocycles. The van der Waals surface area contributed by atoms with E-state index in [0.717, 1.165) is 51.0 Å². The SMILES string of the molecule is CCCc1ncncc1C(=O)N1CCC(C2NNCC2c2ccccc2C)CC1. The number of nitrogens with one attached hydrogen (secondary N) is 2. The van der Waals surface area contributed by atoms with Crippen LogP contribution in [0.5, 0.6) is 0 Å². The number of likely N-dealkylation sites (tertiary alicyclic amines) is 1. The second kappa shape index (κ2) is 9.01. The van der Waals surface area contributed by atoms with Crippen LogP contribution in [0, 0.1) is 12.8 Å². The van der Waals surface area contributed by atoms with Gasteiger partial charge < -0.3 is 4.90 Å². The van der Waals surface area contributed by atoms with Gasteiger partial charge in [0.1, 0.15) is 6.33 Å². The summed E-state index contributed by atoms with van der Waals surface area (Å²) in [6.45, 7) is 6.85. The Morgan fingerprint density at radius 1 is 1.24 bits per heavy atom. The van der Waals surface area contributed by atoms with E-state index in [9.17, 15) is 4.79 Å². The molecule has 2 aromatic rings. The second-order valence-corrected chi connectivity index (χ2v) is 8.28. The zero-order chi connectivity index (χ0) is 20.2. The largest absolute Gasteiger partial charge is 0.339 e. The molecule has 2 unspecified atom stereocenters.